The molecule has 0 spiro atoms. The van der Waals surface area contributed by atoms with Gasteiger partial charge in [0.25, 0.3) is 0 Å². The SMILES string of the molecule is C1PC2COC1C2. The summed E-state index contributed by atoms with van der Waals surface area (Å²) in [6, 6.07) is 0. The third-order valence-electron chi connectivity index (χ3n) is 1.71. The Balaban J connectivity index is 2.12. The molecule has 0 radical (unpaired) electrons. The van der Waals surface area contributed by atoms with Crippen LogP contribution in [-0.2, 0) is 4.74 Å². The van der Waals surface area contributed by atoms with Crippen molar-refractivity contribution >= 4 is 8.58 Å². The fourth-order valence-corrected chi connectivity index (χ4v) is 2.81. The molecule has 7 heavy (non-hydrogen) atoms. The van der Waals surface area contributed by atoms with Crippen LogP contribution in [0.1, 0.15) is 6.42 Å². The van der Waals surface area contributed by atoms with Gasteiger partial charge in [-0.15, -0.1) is 8.58 Å². The lowest BCUT2D eigenvalue weighted by molar-refractivity contribution is 0.125. The van der Waals surface area contributed by atoms with Gasteiger partial charge < -0.3 is 4.74 Å². The summed E-state index contributed by atoms with van der Waals surface area (Å²) in [7, 11) is 1.22. The molecule has 0 aromatic rings. The Hall–Kier alpha value is 0.390. The van der Waals surface area contributed by atoms with Gasteiger partial charge in [-0.1, -0.05) is 0 Å². The molecule has 0 N–H and O–H groups in total. The van der Waals surface area contributed by atoms with E-state index in [2.05, 4.69) is 0 Å². The highest BCUT2D eigenvalue weighted by Gasteiger charge is 2.31. The number of ether oxygens (including phenoxy) is 1. The summed E-state index contributed by atoms with van der Waals surface area (Å²) >= 11 is 0. The largest absolute Gasteiger partial charge is 0.377 e. The highest BCUT2D eigenvalue weighted by molar-refractivity contribution is 7.39. The van der Waals surface area contributed by atoms with Gasteiger partial charge in [0.2, 0.25) is 0 Å². The van der Waals surface area contributed by atoms with E-state index in [-0.39, 0.29) is 0 Å². The molecule has 0 aliphatic carbocycles. The number of hydrogen-bond acceptors (Lipinski definition) is 1. The lowest BCUT2D eigenvalue weighted by Crippen LogP contribution is -2.07. The minimum Gasteiger partial charge on any atom is -0.377 e. The molecule has 1 nitrogen and oxygen atoms in total. The van der Waals surface area contributed by atoms with Crippen LogP contribution in [-0.4, -0.2) is 24.5 Å². The second kappa shape index (κ2) is 1.43. The Bertz CT molecular complexity index is 66.1. The molecule has 0 aromatic carbocycles. The van der Waals surface area contributed by atoms with E-state index in [1.807, 2.05) is 0 Å². The van der Waals surface area contributed by atoms with Gasteiger partial charge >= 0.3 is 0 Å². The maximum Gasteiger partial charge on any atom is 0.0619 e. The van der Waals surface area contributed by atoms with Crippen LogP contribution in [0.5, 0.6) is 0 Å². The summed E-state index contributed by atoms with van der Waals surface area (Å²) in [4.78, 5) is 0. The predicted octanol–water partition coefficient (Wildman–Crippen LogP) is 0.836. The molecule has 0 aromatic heterocycles. The van der Waals surface area contributed by atoms with Crippen LogP contribution in [0, 0.1) is 0 Å². The third-order valence-corrected chi connectivity index (χ3v) is 3.39. The quantitative estimate of drug-likeness (QED) is 0.426. The third kappa shape index (κ3) is 0.595. The van der Waals surface area contributed by atoms with Gasteiger partial charge in [-0.25, -0.2) is 0 Å². The zero-order chi connectivity index (χ0) is 4.69. The molecule has 40 valence electrons. The van der Waals surface area contributed by atoms with Crippen LogP contribution in [0.3, 0.4) is 0 Å². The van der Waals surface area contributed by atoms with Crippen molar-refractivity contribution in [3.63, 3.8) is 0 Å². The van der Waals surface area contributed by atoms with E-state index in [1.54, 1.807) is 0 Å². The first-order valence-corrected chi connectivity index (χ1v) is 4.08. The van der Waals surface area contributed by atoms with E-state index in [9.17, 15) is 0 Å². The van der Waals surface area contributed by atoms with E-state index in [0.717, 1.165) is 12.3 Å². The zero-order valence-corrected chi connectivity index (χ0v) is 5.18. The van der Waals surface area contributed by atoms with Gasteiger partial charge in [-0.3, -0.25) is 0 Å². The van der Waals surface area contributed by atoms with Crippen LogP contribution in [0.2, 0.25) is 0 Å². The topological polar surface area (TPSA) is 9.23 Å². The first-order valence-electron chi connectivity index (χ1n) is 2.80. The summed E-state index contributed by atoms with van der Waals surface area (Å²) < 4.78 is 5.36. The van der Waals surface area contributed by atoms with E-state index >= 15 is 0 Å². The fourth-order valence-electron chi connectivity index (χ4n) is 1.29. The minimum atomic E-state index is 0.684. The molecule has 2 saturated heterocycles. The molecular weight excluding hydrogens is 107 g/mol. The molecule has 2 fully saturated rings. The monoisotopic (exact) mass is 116 g/mol. The number of rotatable bonds is 0. The Morgan fingerprint density at radius 3 is 2.71 bits per heavy atom. The molecule has 2 aliphatic rings. The first kappa shape index (κ1) is 4.29. The van der Waals surface area contributed by atoms with Crippen LogP contribution in [0.25, 0.3) is 0 Å². The maximum atomic E-state index is 5.36. The predicted molar refractivity (Wildman–Crippen MR) is 31.3 cm³/mol. The lowest BCUT2D eigenvalue weighted by atomic mass is 10.3. The van der Waals surface area contributed by atoms with Crippen molar-refractivity contribution < 1.29 is 4.74 Å². The van der Waals surface area contributed by atoms with Crippen molar-refractivity contribution in [3.05, 3.63) is 0 Å². The average Bonchev–Trinajstić information content (AvgIpc) is 2.22. The van der Waals surface area contributed by atoms with Crippen LogP contribution in [0.4, 0.5) is 0 Å². The Kier molecular flexibility index (Phi) is 0.876. The van der Waals surface area contributed by atoms with Gasteiger partial charge in [-0.2, -0.15) is 0 Å². The Morgan fingerprint density at radius 2 is 2.57 bits per heavy atom. The maximum absolute atomic E-state index is 5.36. The summed E-state index contributed by atoms with van der Waals surface area (Å²) in [6.07, 6.45) is 3.42. The molecule has 2 heterocycles. The van der Waals surface area contributed by atoms with Gasteiger partial charge in [0, 0.05) is 5.66 Å². The van der Waals surface area contributed by atoms with Gasteiger partial charge in [-0.05, 0) is 12.6 Å². The molecule has 0 saturated carbocycles. The standard InChI is InChI=1S/C5H9OP/c1-4-3-7-5(1)2-6-4/h4-5,7H,1-3H2. The van der Waals surface area contributed by atoms with Crippen LogP contribution < -0.4 is 0 Å². The average molecular weight is 116 g/mol. The highest BCUT2D eigenvalue weighted by atomic mass is 31.1. The van der Waals surface area contributed by atoms with Crippen molar-refractivity contribution in [1.29, 1.82) is 0 Å². The smallest absolute Gasteiger partial charge is 0.0619 e. The molecule has 3 unspecified atom stereocenters. The minimum absolute atomic E-state index is 0.684. The second-order valence-corrected chi connectivity index (χ2v) is 3.93. The molecular formula is C5H9OP. The normalized spacial score (nSPS) is 51.4. The number of fused-ring (bicyclic) bond motifs is 2. The van der Waals surface area contributed by atoms with Gasteiger partial charge in [0.05, 0.1) is 12.7 Å². The van der Waals surface area contributed by atoms with E-state index in [4.69, 9.17) is 4.74 Å². The summed E-state index contributed by atoms with van der Waals surface area (Å²) in [6.45, 7) is 1.07. The van der Waals surface area contributed by atoms with Crippen LogP contribution >= 0.6 is 8.58 Å². The van der Waals surface area contributed by atoms with Crippen molar-refractivity contribution in [1.82, 2.24) is 0 Å². The fraction of sp³-hybridized carbons (Fsp3) is 1.00. The highest BCUT2D eigenvalue weighted by Crippen LogP contribution is 2.39. The Labute approximate surface area is 45.2 Å². The van der Waals surface area contributed by atoms with E-state index in [1.165, 1.54) is 21.2 Å². The second-order valence-electron chi connectivity index (χ2n) is 2.30. The lowest BCUT2D eigenvalue weighted by Gasteiger charge is -2.07. The van der Waals surface area contributed by atoms with Crippen molar-refractivity contribution in [3.8, 4) is 0 Å². The summed E-state index contributed by atoms with van der Waals surface area (Å²) in [5.74, 6) is 0. The summed E-state index contributed by atoms with van der Waals surface area (Å²) in [5.41, 5.74) is 0.977. The molecule has 2 rings (SSSR count). The van der Waals surface area contributed by atoms with E-state index in [0.29, 0.717) is 6.10 Å². The zero-order valence-electron chi connectivity index (χ0n) is 4.18. The van der Waals surface area contributed by atoms with Crippen molar-refractivity contribution in [2.45, 2.75) is 18.2 Å². The summed E-state index contributed by atoms with van der Waals surface area (Å²) in [5, 5.41) is 0. The van der Waals surface area contributed by atoms with Crippen molar-refractivity contribution in [2.75, 3.05) is 12.8 Å². The van der Waals surface area contributed by atoms with Crippen LogP contribution in [0.15, 0.2) is 0 Å². The molecule has 3 atom stereocenters. The molecule has 0 amide bonds. The molecule has 2 heteroatoms. The number of hydrogen-bond donors (Lipinski definition) is 0. The molecule has 2 bridgehead atoms. The van der Waals surface area contributed by atoms with Gasteiger partial charge in [0.15, 0.2) is 0 Å². The first-order chi connectivity index (χ1) is 3.45. The molecule has 2 aliphatic heterocycles. The van der Waals surface area contributed by atoms with Gasteiger partial charge in [0.1, 0.15) is 0 Å². The Morgan fingerprint density at radius 1 is 1.57 bits per heavy atom. The van der Waals surface area contributed by atoms with E-state index < -0.39 is 0 Å². The van der Waals surface area contributed by atoms with Crippen molar-refractivity contribution in [2.24, 2.45) is 0 Å².